The van der Waals surface area contributed by atoms with Crippen LogP contribution in [0, 0.1) is 5.92 Å². The van der Waals surface area contributed by atoms with E-state index in [-0.39, 0.29) is 6.03 Å². The number of hydrogen-bond acceptors (Lipinski definition) is 2. The van der Waals surface area contributed by atoms with Crippen LogP contribution >= 0.6 is 15.9 Å². The highest BCUT2D eigenvalue weighted by Gasteiger charge is 2.21. The Labute approximate surface area is 116 Å². The number of halogens is 1. The molecule has 1 heterocycles. The zero-order valence-corrected chi connectivity index (χ0v) is 12.0. The van der Waals surface area contributed by atoms with E-state index in [9.17, 15) is 4.79 Å². The molecule has 0 spiro atoms. The number of likely N-dealkylation sites (tertiary alicyclic amines) is 1. The van der Waals surface area contributed by atoms with E-state index < -0.39 is 0 Å². The first-order valence-electron chi connectivity index (χ1n) is 6.17. The molecule has 1 unspecified atom stereocenters. The number of carbonyl (C=O) groups is 1. The molecule has 0 aromatic heterocycles. The first-order valence-corrected chi connectivity index (χ1v) is 6.96. The second-order valence-electron chi connectivity index (χ2n) is 4.86. The molecule has 1 aromatic rings. The molecule has 1 aliphatic heterocycles. The van der Waals surface area contributed by atoms with Gasteiger partial charge in [0.05, 0.1) is 11.4 Å². The smallest absolute Gasteiger partial charge is 0.321 e. The third-order valence-electron chi connectivity index (χ3n) is 3.20. The molecule has 0 saturated carbocycles. The minimum Gasteiger partial charge on any atom is -0.397 e. The Morgan fingerprint density at radius 3 is 3.00 bits per heavy atom. The van der Waals surface area contributed by atoms with Crippen LogP contribution in [0.4, 0.5) is 16.2 Å². The predicted molar refractivity (Wildman–Crippen MR) is 77.5 cm³/mol. The topological polar surface area (TPSA) is 58.4 Å². The third-order valence-corrected chi connectivity index (χ3v) is 3.69. The van der Waals surface area contributed by atoms with Crippen molar-refractivity contribution in [3.63, 3.8) is 0 Å². The van der Waals surface area contributed by atoms with Crippen molar-refractivity contribution in [1.82, 2.24) is 4.90 Å². The first kappa shape index (κ1) is 13.2. The molecule has 18 heavy (non-hydrogen) atoms. The quantitative estimate of drug-likeness (QED) is 0.782. The number of piperidine rings is 1. The molecule has 1 fully saturated rings. The number of rotatable bonds is 1. The van der Waals surface area contributed by atoms with E-state index in [2.05, 4.69) is 28.2 Å². The van der Waals surface area contributed by atoms with E-state index in [1.165, 1.54) is 6.42 Å². The maximum atomic E-state index is 12.1. The van der Waals surface area contributed by atoms with Crippen molar-refractivity contribution in [1.29, 1.82) is 0 Å². The Balaban J connectivity index is 2.02. The van der Waals surface area contributed by atoms with Crippen LogP contribution in [-0.2, 0) is 0 Å². The van der Waals surface area contributed by atoms with Crippen molar-refractivity contribution < 1.29 is 4.79 Å². The summed E-state index contributed by atoms with van der Waals surface area (Å²) in [5.41, 5.74) is 7.10. The van der Waals surface area contributed by atoms with Crippen LogP contribution in [0.15, 0.2) is 22.7 Å². The fourth-order valence-corrected chi connectivity index (χ4v) is 2.59. The number of nitrogens with zero attached hydrogens (tertiary/aromatic N) is 1. The lowest BCUT2D eigenvalue weighted by Gasteiger charge is -2.31. The summed E-state index contributed by atoms with van der Waals surface area (Å²) >= 11 is 3.34. The summed E-state index contributed by atoms with van der Waals surface area (Å²) in [4.78, 5) is 14.0. The van der Waals surface area contributed by atoms with Gasteiger partial charge in [0.25, 0.3) is 0 Å². The number of carbonyl (C=O) groups excluding carboxylic acids is 1. The summed E-state index contributed by atoms with van der Waals surface area (Å²) in [6.45, 7) is 3.82. The predicted octanol–water partition coefficient (Wildman–Crippen LogP) is 3.30. The molecule has 0 bridgehead atoms. The summed E-state index contributed by atoms with van der Waals surface area (Å²) in [6, 6.07) is 5.40. The van der Waals surface area contributed by atoms with Crippen LogP contribution in [0.2, 0.25) is 0 Å². The van der Waals surface area contributed by atoms with Crippen molar-refractivity contribution in [3.05, 3.63) is 22.7 Å². The van der Waals surface area contributed by atoms with Gasteiger partial charge in [-0.25, -0.2) is 4.79 Å². The fourth-order valence-electron chi connectivity index (χ4n) is 2.22. The SMILES string of the molecule is CC1CCCN(C(=O)Nc2ccc(Br)cc2N)C1. The number of amides is 2. The molecule has 1 aromatic carbocycles. The number of urea groups is 1. The number of nitrogens with two attached hydrogens (primary N) is 1. The van der Waals surface area contributed by atoms with Gasteiger partial charge in [-0.05, 0) is 37.0 Å². The first-order chi connectivity index (χ1) is 8.56. The van der Waals surface area contributed by atoms with Gasteiger partial charge in [0.1, 0.15) is 0 Å². The number of nitrogen functional groups attached to an aromatic ring is 1. The van der Waals surface area contributed by atoms with Crippen molar-refractivity contribution in [2.75, 3.05) is 24.1 Å². The van der Waals surface area contributed by atoms with Crippen LogP contribution in [-0.4, -0.2) is 24.0 Å². The van der Waals surface area contributed by atoms with Crippen LogP contribution in [0.1, 0.15) is 19.8 Å². The molecular formula is C13H18BrN3O. The van der Waals surface area contributed by atoms with E-state index >= 15 is 0 Å². The summed E-state index contributed by atoms with van der Waals surface area (Å²) in [7, 11) is 0. The third kappa shape index (κ3) is 3.16. The summed E-state index contributed by atoms with van der Waals surface area (Å²) < 4.78 is 0.907. The Morgan fingerprint density at radius 2 is 2.33 bits per heavy atom. The molecule has 1 saturated heterocycles. The summed E-state index contributed by atoms with van der Waals surface area (Å²) in [5, 5.41) is 2.87. The highest BCUT2D eigenvalue weighted by atomic mass is 79.9. The van der Waals surface area contributed by atoms with Gasteiger partial charge in [0, 0.05) is 17.6 Å². The number of nitrogens with one attached hydrogen (secondary N) is 1. The van der Waals surface area contributed by atoms with Gasteiger partial charge in [-0.15, -0.1) is 0 Å². The molecule has 1 aliphatic rings. The second kappa shape index (κ2) is 5.61. The van der Waals surface area contributed by atoms with E-state index in [1.54, 1.807) is 6.07 Å². The van der Waals surface area contributed by atoms with Gasteiger partial charge in [0.2, 0.25) is 0 Å². The maximum Gasteiger partial charge on any atom is 0.321 e. The highest BCUT2D eigenvalue weighted by molar-refractivity contribution is 9.10. The second-order valence-corrected chi connectivity index (χ2v) is 5.77. The molecule has 0 radical (unpaired) electrons. The Hall–Kier alpha value is -1.23. The van der Waals surface area contributed by atoms with Gasteiger partial charge < -0.3 is 16.0 Å². The standard InChI is InChI=1S/C13H18BrN3O/c1-9-3-2-6-17(8-9)13(18)16-12-5-4-10(14)7-11(12)15/h4-5,7,9H,2-3,6,8,15H2,1H3,(H,16,18). The van der Waals surface area contributed by atoms with Gasteiger partial charge in [-0.1, -0.05) is 22.9 Å². The highest BCUT2D eigenvalue weighted by Crippen LogP contribution is 2.24. The number of anilines is 2. The van der Waals surface area contributed by atoms with Gasteiger partial charge in [0.15, 0.2) is 0 Å². The van der Waals surface area contributed by atoms with Crippen molar-refractivity contribution in [2.45, 2.75) is 19.8 Å². The lowest BCUT2D eigenvalue weighted by Crippen LogP contribution is -2.41. The normalized spacial score (nSPS) is 19.7. The van der Waals surface area contributed by atoms with Gasteiger partial charge in [-0.2, -0.15) is 0 Å². The molecule has 2 rings (SSSR count). The molecule has 2 amide bonds. The van der Waals surface area contributed by atoms with Crippen LogP contribution < -0.4 is 11.1 Å². The Morgan fingerprint density at radius 1 is 1.56 bits per heavy atom. The Bertz CT molecular complexity index is 450. The maximum absolute atomic E-state index is 12.1. The molecule has 5 heteroatoms. The van der Waals surface area contributed by atoms with E-state index in [4.69, 9.17) is 5.73 Å². The average molecular weight is 312 g/mol. The molecule has 3 N–H and O–H groups in total. The summed E-state index contributed by atoms with van der Waals surface area (Å²) in [5.74, 6) is 0.576. The number of hydrogen-bond donors (Lipinski definition) is 2. The van der Waals surface area contributed by atoms with E-state index in [0.717, 1.165) is 24.0 Å². The number of benzene rings is 1. The van der Waals surface area contributed by atoms with E-state index in [0.29, 0.717) is 17.3 Å². The molecule has 1 atom stereocenters. The average Bonchev–Trinajstić information content (AvgIpc) is 2.32. The largest absolute Gasteiger partial charge is 0.397 e. The van der Waals surface area contributed by atoms with Gasteiger partial charge in [-0.3, -0.25) is 0 Å². The summed E-state index contributed by atoms with van der Waals surface area (Å²) in [6.07, 6.45) is 2.27. The monoisotopic (exact) mass is 311 g/mol. The molecule has 0 aliphatic carbocycles. The molecular weight excluding hydrogens is 294 g/mol. The van der Waals surface area contributed by atoms with E-state index in [1.807, 2.05) is 17.0 Å². The van der Waals surface area contributed by atoms with Gasteiger partial charge >= 0.3 is 6.03 Å². The lowest BCUT2D eigenvalue weighted by atomic mass is 10.0. The van der Waals surface area contributed by atoms with Crippen LogP contribution in [0.25, 0.3) is 0 Å². The Kier molecular flexibility index (Phi) is 4.11. The fraction of sp³-hybridized carbons (Fsp3) is 0.462. The molecule has 98 valence electrons. The minimum absolute atomic E-state index is 0.0597. The molecule has 4 nitrogen and oxygen atoms in total. The lowest BCUT2D eigenvalue weighted by molar-refractivity contribution is 0.182. The van der Waals surface area contributed by atoms with Crippen molar-refractivity contribution >= 4 is 33.3 Å². The van der Waals surface area contributed by atoms with Crippen LogP contribution in [0.3, 0.4) is 0 Å². The van der Waals surface area contributed by atoms with Crippen molar-refractivity contribution in [3.8, 4) is 0 Å². The van der Waals surface area contributed by atoms with Crippen LogP contribution in [0.5, 0.6) is 0 Å². The minimum atomic E-state index is -0.0597. The zero-order chi connectivity index (χ0) is 13.1. The zero-order valence-electron chi connectivity index (χ0n) is 10.4. The van der Waals surface area contributed by atoms with Crippen molar-refractivity contribution in [2.24, 2.45) is 5.92 Å².